The Bertz CT molecular complexity index is 2950. The topological polar surface area (TPSA) is 479 Å². The van der Waals surface area contributed by atoms with Gasteiger partial charge in [0.25, 0.3) is 5.91 Å². The first-order valence-corrected chi connectivity index (χ1v) is 27.2. The Kier molecular flexibility index (Phi) is 18.0. The molecule has 0 spiro atoms. The van der Waals surface area contributed by atoms with Crippen LogP contribution in [0, 0.1) is 5.82 Å². The SMILES string of the molecule is NC[C@@H]1O[C@H](O[C@H]2[C@@H](O)[C@H](O[C@@H]3[C@@H](O)[C@H](N)C[C@H](N)[C@H]3O[C@H]3O[C@H](CN)[C@@H](O)[C@H](O)[C@H]3N)O[C@@H]2C(=O)Nc2ccc(-c3cn(CC(O)CN4CCN(c5cc6c(cc5F)c(=O)c(C(=O)O)cn6C5CC5)CC4)nn3)cc2)[C@H](N)[C@@H](O)[C@@H]1O. The molecule has 31 heteroatoms. The number of β-amino-alcohol motifs (C(OH)–C–C–N with tert-alkyl or cyclic N) is 1. The number of nitrogens with one attached hydrogen (secondary N) is 1. The molecule has 82 heavy (non-hydrogen) atoms. The van der Waals surface area contributed by atoms with Crippen LogP contribution in [0.15, 0.2) is 53.6 Å². The van der Waals surface area contributed by atoms with E-state index in [9.17, 15) is 55.2 Å². The minimum absolute atomic E-state index is 0.00527. The molecule has 6 fully saturated rings. The van der Waals surface area contributed by atoms with Crippen molar-refractivity contribution in [2.45, 2.75) is 154 Å². The molecule has 21 N–H and O–H groups in total. The first-order valence-electron chi connectivity index (χ1n) is 27.2. The van der Waals surface area contributed by atoms with Gasteiger partial charge in [-0.15, -0.1) is 5.10 Å². The van der Waals surface area contributed by atoms with Gasteiger partial charge in [-0.1, -0.05) is 17.3 Å². The third-order valence-electron chi connectivity index (χ3n) is 16.2. The number of carbonyl (C=O) groups is 2. The van der Waals surface area contributed by atoms with Crippen LogP contribution in [0.2, 0.25) is 0 Å². The van der Waals surface area contributed by atoms with E-state index in [1.54, 1.807) is 41.1 Å². The Labute approximate surface area is 467 Å². The molecule has 4 saturated heterocycles. The Hall–Kier alpha value is -5.34. The van der Waals surface area contributed by atoms with Crippen LogP contribution >= 0.6 is 0 Å². The molecule has 20 atom stereocenters. The molecule has 450 valence electrons. The highest BCUT2D eigenvalue weighted by Crippen LogP contribution is 2.39. The number of amides is 1. The largest absolute Gasteiger partial charge is 0.477 e. The molecular weight excluding hydrogens is 1090 g/mol. The number of nitrogens with zero attached hydrogens (tertiary/aromatic N) is 6. The number of hydrogen-bond acceptors (Lipinski definition) is 26. The van der Waals surface area contributed by atoms with Crippen LogP contribution in [-0.2, 0) is 39.8 Å². The van der Waals surface area contributed by atoms with Crippen molar-refractivity contribution >= 4 is 34.2 Å². The van der Waals surface area contributed by atoms with Gasteiger partial charge < -0.3 is 118 Å². The maximum absolute atomic E-state index is 15.6. The van der Waals surface area contributed by atoms with Crippen LogP contribution in [0.4, 0.5) is 15.8 Å². The summed E-state index contributed by atoms with van der Waals surface area (Å²) in [6, 6.07) is 4.44. The van der Waals surface area contributed by atoms with E-state index < -0.39 is 151 Å². The zero-order chi connectivity index (χ0) is 58.6. The Balaban J connectivity index is 0.779. The minimum atomic E-state index is -1.88. The molecule has 6 heterocycles. The van der Waals surface area contributed by atoms with Crippen LogP contribution in [0.1, 0.15) is 35.7 Å². The highest BCUT2D eigenvalue weighted by molar-refractivity contribution is 5.95. The number of fused-ring (bicyclic) bond motifs is 1. The summed E-state index contributed by atoms with van der Waals surface area (Å²) < 4.78 is 54.9. The summed E-state index contributed by atoms with van der Waals surface area (Å²) in [6.45, 7) is 1.69. The van der Waals surface area contributed by atoms with Crippen molar-refractivity contribution in [2.75, 3.05) is 56.0 Å². The van der Waals surface area contributed by atoms with Crippen molar-refractivity contribution in [1.29, 1.82) is 0 Å². The Morgan fingerprint density at radius 2 is 1.35 bits per heavy atom. The van der Waals surface area contributed by atoms with Gasteiger partial charge in [-0.3, -0.25) is 14.5 Å². The molecule has 1 unspecified atom stereocenters. The van der Waals surface area contributed by atoms with Crippen LogP contribution < -0.4 is 50.0 Å². The minimum Gasteiger partial charge on any atom is -0.477 e. The summed E-state index contributed by atoms with van der Waals surface area (Å²) in [7, 11) is 0. The number of carboxylic acid groups (broad SMARTS) is 1. The first kappa shape index (κ1) is 59.8. The molecule has 2 aliphatic carbocycles. The number of aromatic carboxylic acids is 1. The lowest BCUT2D eigenvalue weighted by atomic mass is 9.84. The number of pyridine rings is 1. The van der Waals surface area contributed by atoms with Crippen LogP contribution in [0.5, 0.6) is 0 Å². The Morgan fingerprint density at radius 3 is 1.95 bits per heavy atom. The third-order valence-corrected chi connectivity index (χ3v) is 16.2. The van der Waals surface area contributed by atoms with E-state index in [1.165, 1.54) is 10.9 Å². The Morgan fingerprint density at radius 1 is 0.744 bits per heavy atom. The van der Waals surface area contributed by atoms with E-state index in [0.717, 1.165) is 18.9 Å². The second-order valence-electron chi connectivity index (χ2n) is 21.9. The molecule has 2 aromatic carbocycles. The molecule has 4 aliphatic heterocycles. The fourth-order valence-electron chi connectivity index (χ4n) is 11.3. The number of anilines is 2. The fourth-order valence-corrected chi connectivity index (χ4v) is 11.3. The maximum atomic E-state index is 15.6. The molecule has 1 amide bonds. The summed E-state index contributed by atoms with van der Waals surface area (Å²) in [6.07, 6.45) is -19.1. The van der Waals surface area contributed by atoms with E-state index in [1.807, 2.05) is 9.80 Å². The molecule has 2 aromatic heterocycles. The number of hydrogen-bond donors (Lipinski definition) is 15. The molecular formula is C51H72FN13O17. The molecule has 4 aromatic rings. The quantitative estimate of drug-likeness (QED) is 0.0441. The monoisotopic (exact) mass is 1160 g/mol. The standard InChI is InChI=1S/C51H72FN13O17/c52-26-11-24-30(65(22-5-6-22)18-25(36(24)67)48(75)76)13-31(26)63-9-7-62(8-10-63)16-23(66)17-64-19-29(60-61-64)20-1-3-21(4-2-20)59-47(74)46-45(80-50-35(58)41(72)39(70)33(15-54)78-50)42(73)51(82-46)81-44-37(68)27(55)12-28(56)43(44)79-49-34(57)40(71)38(69)32(14-53)77-49/h1-4,11,13,18-19,22-23,27-28,32-35,37-46,49-51,66,68-73H,5-10,12,14-17,53-58H2,(H,59,74)(H,75,76)/t23?,27-,28+,32-,33+,34-,35-,37+,38-,39-,40-,41-,42-,43-,44-,45+,46+,49-,50-,51-/m1/s1. The van der Waals surface area contributed by atoms with Crippen molar-refractivity contribution in [3.63, 3.8) is 0 Å². The number of nitrogens with two attached hydrogens (primary N) is 6. The van der Waals surface area contributed by atoms with E-state index in [2.05, 4.69) is 15.6 Å². The van der Waals surface area contributed by atoms with Gasteiger partial charge in [0.15, 0.2) is 25.0 Å². The molecule has 6 aliphatic rings. The number of halogens is 1. The number of aliphatic hydroxyl groups excluding tert-OH is 7. The summed E-state index contributed by atoms with van der Waals surface area (Å²) >= 11 is 0. The van der Waals surface area contributed by atoms with Crippen molar-refractivity contribution in [1.82, 2.24) is 24.5 Å². The zero-order valence-corrected chi connectivity index (χ0v) is 44.3. The lowest BCUT2D eigenvalue weighted by Gasteiger charge is -2.47. The number of aromatic nitrogens is 4. The van der Waals surface area contributed by atoms with Crippen LogP contribution in [0.3, 0.4) is 0 Å². The number of aliphatic hydroxyl groups is 7. The maximum Gasteiger partial charge on any atom is 0.341 e. The summed E-state index contributed by atoms with van der Waals surface area (Å²) in [5, 5.41) is 97.7. The average molecular weight is 1160 g/mol. The average Bonchev–Trinajstić information content (AvgIpc) is 4.19. The highest BCUT2D eigenvalue weighted by atomic mass is 19.1. The van der Waals surface area contributed by atoms with Crippen molar-refractivity contribution in [3.8, 4) is 11.3 Å². The van der Waals surface area contributed by atoms with Gasteiger partial charge in [-0.25, -0.2) is 13.9 Å². The van der Waals surface area contributed by atoms with Gasteiger partial charge in [-0.2, -0.15) is 0 Å². The fraction of sp³-hybridized carbons (Fsp3) is 0.627. The molecule has 0 bridgehead atoms. The number of piperazine rings is 1. The third kappa shape index (κ3) is 12.1. The van der Waals surface area contributed by atoms with E-state index in [-0.39, 0.29) is 49.7 Å². The van der Waals surface area contributed by atoms with E-state index in [4.69, 9.17) is 62.8 Å². The summed E-state index contributed by atoms with van der Waals surface area (Å²) in [4.78, 5) is 42.9. The van der Waals surface area contributed by atoms with E-state index >= 15 is 4.39 Å². The van der Waals surface area contributed by atoms with Gasteiger partial charge in [-0.05, 0) is 43.5 Å². The van der Waals surface area contributed by atoms with Gasteiger partial charge in [0.05, 0.1) is 48.2 Å². The molecule has 30 nitrogen and oxygen atoms in total. The number of rotatable bonds is 18. The number of benzene rings is 2. The van der Waals surface area contributed by atoms with Gasteiger partial charge in [0.1, 0.15) is 78.1 Å². The van der Waals surface area contributed by atoms with Crippen molar-refractivity contribution < 1.29 is 83.3 Å². The van der Waals surface area contributed by atoms with Crippen LogP contribution in [-0.4, -0.2) is 245 Å². The molecule has 0 radical (unpaired) electrons. The van der Waals surface area contributed by atoms with Crippen molar-refractivity contribution in [3.05, 3.63) is 70.4 Å². The van der Waals surface area contributed by atoms with Gasteiger partial charge in [0.2, 0.25) is 5.43 Å². The first-order chi connectivity index (χ1) is 39.1. The van der Waals surface area contributed by atoms with Gasteiger partial charge in [0, 0.05) is 86.8 Å². The second-order valence-corrected chi connectivity index (χ2v) is 21.9. The number of carboxylic acids is 1. The molecule has 10 rings (SSSR count). The van der Waals surface area contributed by atoms with E-state index in [0.29, 0.717) is 48.6 Å². The second kappa shape index (κ2) is 24.7. The van der Waals surface area contributed by atoms with Crippen LogP contribution in [0.25, 0.3) is 22.2 Å². The predicted octanol–water partition coefficient (Wildman–Crippen LogP) is -6.32. The molecule has 2 saturated carbocycles. The highest BCUT2D eigenvalue weighted by Gasteiger charge is 2.56. The lowest BCUT2D eigenvalue weighted by Crippen LogP contribution is -2.68. The smallest absolute Gasteiger partial charge is 0.341 e. The number of carbonyl (C=O) groups excluding carboxylic acids is 1. The predicted molar refractivity (Wildman–Crippen MR) is 283 cm³/mol. The lowest BCUT2D eigenvalue weighted by molar-refractivity contribution is -0.306. The summed E-state index contributed by atoms with van der Waals surface area (Å²) in [5.74, 6) is -2.87. The number of ether oxygens (including phenoxy) is 6. The zero-order valence-electron chi connectivity index (χ0n) is 44.3. The normalized spacial score (nSPS) is 35.9. The van der Waals surface area contributed by atoms with Crippen molar-refractivity contribution in [2.24, 2.45) is 34.4 Å². The van der Waals surface area contributed by atoms with Gasteiger partial charge >= 0.3 is 5.97 Å². The summed E-state index contributed by atoms with van der Waals surface area (Å²) in [5.41, 5.74) is 37.6.